The smallest absolute Gasteiger partial charge is 0.209 e. The van der Waals surface area contributed by atoms with Gasteiger partial charge in [0.2, 0.25) is 10.0 Å². The van der Waals surface area contributed by atoms with E-state index in [0.29, 0.717) is 0 Å². The Hall–Kier alpha value is -2.09. The molecule has 146 valence electrons. The number of likely N-dealkylation sites (N-methyl/N-ethyl adjacent to an activating group) is 1. The van der Waals surface area contributed by atoms with Gasteiger partial charge >= 0.3 is 0 Å². The highest BCUT2D eigenvalue weighted by Gasteiger charge is 2.22. The monoisotopic (exact) mass is 389 g/mol. The minimum absolute atomic E-state index is 0.100. The molecule has 1 unspecified atom stereocenters. The van der Waals surface area contributed by atoms with Gasteiger partial charge in [-0.15, -0.1) is 0 Å². The number of para-hydroxylation sites is 2. The third kappa shape index (κ3) is 5.45. The fourth-order valence-corrected chi connectivity index (χ4v) is 4.07. The Bertz CT molecular complexity index is 868. The Morgan fingerprint density at radius 2 is 1.89 bits per heavy atom. The summed E-state index contributed by atoms with van der Waals surface area (Å²) in [6, 6.07) is 15.8. The lowest BCUT2D eigenvalue weighted by Crippen LogP contribution is -2.43. The van der Waals surface area contributed by atoms with Crippen LogP contribution >= 0.6 is 0 Å². The highest BCUT2D eigenvalue weighted by molar-refractivity contribution is 7.88. The van der Waals surface area contributed by atoms with E-state index in [2.05, 4.69) is 28.1 Å². The highest BCUT2D eigenvalue weighted by Crippen LogP contribution is 2.31. The zero-order valence-electron chi connectivity index (χ0n) is 16.0. The van der Waals surface area contributed by atoms with Crippen LogP contribution in [-0.2, 0) is 16.6 Å². The molecule has 0 fully saturated rings. The number of hydrogen-bond acceptors (Lipinski definition) is 5. The molecule has 27 heavy (non-hydrogen) atoms. The maximum Gasteiger partial charge on any atom is 0.209 e. The molecule has 1 aliphatic heterocycles. The first-order valence-corrected chi connectivity index (χ1v) is 10.9. The number of rotatable bonds is 7. The number of sulfonamides is 1. The molecular formula is C20H27N3O3S. The molecule has 0 radical (unpaired) electrons. The van der Waals surface area contributed by atoms with Crippen LogP contribution in [0, 0.1) is 0 Å². The standard InChI is InChI=1S/C20H27N3O3S/c1-15(22-27(3,24)25)17-10-8-16(9-11-17)12-21-13-18-14-23(2)19-6-4-5-7-20(19)26-18/h4-11,15,18,21-22H,12-14H2,1-3H3/t15-,18?/m1/s1. The lowest BCUT2D eigenvalue weighted by atomic mass is 10.1. The molecule has 2 N–H and O–H groups in total. The SMILES string of the molecule is C[C@@H](NS(C)(=O)=O)c1ccc(CNCC2CN(C)c3ccccc3O2)cc1. The Morgan fingerprint density at radius 1 is 1.19 bits per heavy atom. The second-order valence-corrected chi connectivity index (χ2v) is 8.85. The van der Waals surface area contributed by atoms with Crippen LogP contribution in [0.15, 0.2) is 48.5 Å². The molecule has 0 aromatic heterocycles. The van der Waals surface area contributed by atoms with Gasteiger partial charge in [-0.3, -0.25) is 0 Å². The van der Waals surface area contributed by atoms with Crippen LogP contribution in [0.1, 0.15) is 24.1 Å². The number of hydrogen-bond donors (Lipinski definition) is 2. The van der Waals surface area contributed by atoms with E-state index in [4.69, 9.17) is 4.74 Å². The summed E-state index contributed by atoms with van der Waals surface area (Å²) in [4.78, 5) is 2.22. The van der Waals surface area contributed by atoms with Gasteiger partial charge in [-0.25, -0.2) is 13.1 Å². The summed E-state index contributed by atoms with van der Waals surface area (Å²) < 4.78 is 31.3. The van der Waals surface area contributed by atoms with Gasteiger partial charge < -0.3 is 15.0 Å². The number of nitrogens with one attached hydrogen (secondary N) is 2. The largest absolute Gasteiger partial charge is 0.485 e. The number of ether oxygens (including phenoxy) is 1. The van der Waals surface area contributed by atoms with Gasteiger partial charge in [0.1, 0.15) is 11.9 Å². The van der Waals surface area contributed by atoms with Crippen LogP contribution < -0.4 is 19.7 Å². The average molecular weight is 390 g/mol. The first-order chi connectivity index (χ1) is 12.8. The molecular weight excluding hydrogens is 362 g/mol. The van der Waals surface area contributed by atoms with Crippen molar-refractivity contribution in [2.75, 3.05) is 31.3 Å². The van der Waals surface area contributed by atoms with E-state index in [0.717, 1.165) is 42.2 Å². The van der Waals surface area contributed by atoms with E-state index in [1.165, 1.54) is 6.26 Å². The molecule has 0 spiro atoms. The summed E-state index contributed by atoms with van der Waals surface area (Å²) in [5.41, 5.74) is 3.22. The summed E-state index contributed by atoms with van der Waals surface area (Å²) in [6.45, 7) is 4.17. The first-order valence-electron chi connectivity index (χ1n) is 9.05. The van der Waals surface area contributed by atoms with Crippen molar-refractivity contribution in [3.8, 4) is 5.75 Å². The normalized spacial score (nSPS) is 17.9. The maximum atomic E-state index is 11.3. The Labute approximate surface area is 161 Å². The Balaban J connectivity index is 1.50. The summed E-state index contributed by atoms with van der Waals surface area (Å²) in [6.07, 6.45) is 1.27. The van der Waals surface area contributed by atoms with Crippen LogP contribution in [0.2, 0.25) is 0 Å². The molecule has 1 aliphatic rings. The predicted octanol–water partition coefficient (Wildman–Crippen LogP) is 2.28. The Morgan fingerprint density at radius 3 is 2.59 bits per heavy atom. The van der Waals surface area contributed by atoms with Crippen LogP contribution in [0.5, 0.6) is 5.75 Å². The van der Waals surface area contributed by atoms with E-state index in [-0.39, 0.29) is 12.1 Å². The molecule has 0 bridgehead atoms. The van der Waals surface area contributed by atoms with E-state index in [9.17, 15) is 8.42 Å². The van der Waals surface area contributed by atoms with Crippen LogP contribution in [0.3, 0.4) is 0 Å². The Kier molecular flexibility index (Phi) is 6.04. The lowest BCUT2D eigenvalue weighted by Gasteiger charge is -2.33. The van der Waals surface area contributed by atoms with Gasteiger partial charge in [0.05, 0.1) is 18.5 Å². The van der Waals surface area contributed by atoms with Crippen molar-refractivity contribution in [1.29, 1.82) is 0 Å². The zero-order valence-corrected chi connectivity index (χ0v) is 16.8. The van der Waals surface area contributed by atoms with Crippen molar-refractivity contribution in [2.24, 2.45) is 0 Å². The number of nitrogens with zero attached hydrogens (tertiary/aromatic N) is 1. The van der Waals surface area contributed by atoms with E-state index in [1.807, 2.05) is 49.4 Å². The fourth-order valence-electron chi connectivity index (χ4n) is 3.29. The maximum absolute atomic E-state index is 11.3. The molecule has 1 heterocycles. The highest BCUT2D eigenvalue weighted by atomic mass is 32.2. The predicted molar refractivity (Wildman–Crippen MR) is 109 cm³/mol. The van der Waals surface area contributed by atoms with Crippen LogP contribution in [-0.4, -0.2) is 40.9 Å². The second kappa shape index (κ2) is 8.29. The van der Waals surface area contributed by atoms with Crippen LogP contribution in [0.4, 0.5) is 5.69 Å². The molecule has 2 aromatic rings. The van der Waals surface area contributed by atoms with Gasteiger partial charge in [-0.2, -0.15) is 0 Å². The molecule has 2 atom stereocenters. The minimum atomic E-state index is -3.21. The topological polar surface area (TPSA) is 70.7 Å². The molecule has 0 saturated carbocycles. The van der Waals surface area contributed by atoms with E-state index >= 15 is 0 Å². The van der Waals surface area contributed by atoms with Gasteiger partial charge in [-0.05, 0) is 30.2 Å². The van der Waals surface area contributed by atoms with Gasteiger partial charge in [-0.1, -0.05) is 36.4 Å². The number of fused-ring (bicyclic) bond motifs is 1. The van der Waals surface area contributed by atoms with Crippen molar-refractivity contribution < 1.29 is 13.2 Å². The van der Waals surface area contributed by atoms with E-state index < -0.39 is 10.0 Å². The first kappa shape index (κ1) is 19.7. The van der Waals surface area contributed by atoms with Gasteiger partial charge in [0.15, 0.2) is 0 Å². The summed E-state index contributed by atoms with van der Waals surface area (Å²) in [7, 11) is -1.13. The van der Waals surface area contributed by atoms with Gasteiger partial charge in [0.25, 0.3) is 0 Å². The molecule has 0 amide bonds. The average Bonchev–Trinajstić information content (AvgIpc) is 2.61. The minimum Gasteiger partial charge on any atom is -0.485 e. The number of anilines is 1. The summed E-state index contributed by atoms with van der Waals surface area (Å²) in [5, 5.41) is 3.45. The van der Waals surface area contributed by atoms with Crippen molar-refractivity contribution in [1.82, 2.24) is 10.0 Å². The zero-order chi connectivity index (χ0) is 19.4. The molecule has 7 heteroatoms. The second-order valence-electron chi connectivity index (χ2n) is 7.07. The van der Waals surface area contributed by atoms with Crippen molar-refractivity contribution in [2.45, 2.75) is 25.6 Å². The van der Waals surface area contributed by atoms with Crippen molar-refractivity contribution in [3.63, 3.8) is 0 Å². The third-order valence-corrected chi connectivity index (χ3v) is 5.40. The molecule has 2 aromatic carbocycles. The summed E-state index contributed by atoms with van der Waals surface area (Å²) >= 11 is 0. The fraction of sp³-hybridized carbons (Fsp3) is 0.400. The van der Waals surface area contributed by atoms with Crippen molar-refractivity contribution >= 4 is 15.7 Å². The van der Waals surface area contributed by atoms with Crippen LogP contribution in [0.25, 0.3) is 0 Å². The summed E-state index contributed by atoms with van der Waals surface area (Å²) in [5.74, 6) is 0.926. The quantitative estimate of drug-likeness (QED) is 0.760. The van der Waals surface area contributed by atoms with Crippen molar-refractivity contribution in [3.05, 3.63) is 59.7 Å². The molecule has 0 saturated heterocycles. The molecule has 0 aliphatic carbocycles. The lowest BCUT2D eigenvalue weighted by molar-refractivity contribution is 0.192. The third-order valence-electron chi connectivity index (χ3n) is 4.62. The molecule has 3 rings (SSSR count). The molecule has 6 nitrogen and oxygen atoms in total. The van der Waals surface area contributed by atoms with E-state index in [1.54, 1.807) is 0 Å². The number of benzene rings is 2. The van der Waals surface area contributed by atoms with Gasteiger partial charge in [0, 0.05) is 26.2 Å².